The van der Waals surface area contributed by atoms with Gasteiger partial charge in [-0.2, -0.15) is 0 Å². The van der Waals surface area contributed by atoms with Gasteiger partial charge in [0.1, 0.15) is 0 Å². The molecular weight excluding hydrogens is 220 g/mol. The van der Waals surface area contributed by atoms with E-state index in [2.05, 4.69) is 70.1 Å². The Balaban J connectivity index is 2.83. The van der Waals surface area contributed by atoms with Crippen LogP contribution in [-0.2, 0) is 6.54 Å². The number of nitrogens with one attached hydrogen (secondary N) is 1. The maximum absolute atomic E-state index is 3.54. The maximum atomic E-state index is 3.54. The molecular formula is C16H28N2. The van der Waals surface area contributed by atoms with Crippen LogP contribution in [0.1, 0.15) is 38.8 Å². The average molecular weight is 248 g/mol. The molecule has 0 aliphatic heterocycles. The minimum absolute atomic E-state index is 0.525. The van der Waals surface area contributed by atoms with Gasteiger partial charge in [0, 0.05) is 25.3 Å². The monoisotopic (exact) mass is 248 g/mol. The van der Waals surface area contributed by atoms with Crippen LogP contribution in [0.5, 0.6) is 0 Å². The molecule has 0 saturated carbocycles. The fourth-order valence-corrected chi connectivity index (χ4v) is 1.97. The van der Waals surface area contributed by atoms with Crippen LogP contribution in [0.25, 0.3) is 0 Å². The molecule has 0 aliphatic carbocycles. The van der Waals surface area contributed by atoms with Crippen LogP contribution in [0, 0.1) is 12.8 Å². The van der Waals surface area contributed by atoms with Crippen LogP contribution >= 0.6 is 0 Å². The van der Waals surface area contributed by atoms with Crippen molar-refractivity contribution in [3.63, 3.8) is 0 Å². The summed E-state index contributed by atoms with van der Waals surface area (Å²) >= 11 is 0. The molecule has 0 heterocycles. The Bertz CT molecular complexity index is 369. The van der Waals surface area contributed by atoms with Crippen LogP contribution in [0.4, 0.5) is 5.69 Å². The molecule has 0 aromatic heterocycles. The standard InChI is InChI=1S/C16H28N2/c1-12(2)10-17-11-15-9-14(5)7-8-16(15)18(6)13(3)4/h7-9,12-13,17H,10-11H2,1-6H3. The van der Waals surface area contributed by atoms with Gasteiger partial charge in [0.2, 0.25) is 0 Å². The van der Waals surface area contributed by atoms with E-state index < -0.39 is 0 Å². The molecule has 2 nitrogen and oxygen atoms in total. The highest BCUT2D eigenvalue weighted by atomic mass is 15.1. The molecule has 1 rings (SSSR count). The van der Waals surface area contributed by atoms with Crippen molar-refractivity contribution >= 4 is 5.69 Å². The van der Waals surface area contributed by atoms with Crippen LogP contribution < -0.4 is 10.2 Å². The van der Waals surface area contributed by atoms with Crippen molar-refractivity contribution in [3.05, 3.63) is 29.3 Å². The van der Waals surface area contributed by atoms with Crippen LogP contribution in [0.3, 0.4) is 0 Å². The first-order valence-electron chi connectivity index (χ1n) is 6.95. The van der Waals surface area contributed by atoms with Gasteiger partial charge in [0.15, 0.2) is 0 Å². The lowest BCUT2D eigenvalue weighted by Gasteiger charge is -2.27. The third kappa shape index (κ3) is 4.34. The first-order valence-corrected chi connectivity index (χ1v) is 6.95. The number of nitrogens with zero attached hydrogens (tertiary/aromatic N) is 1. The summed E-state index contributed by atoms with van der Waals surface area (Å²) < 4.78 is 0. The number of benzene rings is 1. The fourth-order valence-electron chi connectivity index (χ4n) is 1.97. The van der Waals surface area contributed by atoms with E-state index in [9.17, 15) is 0 Å². The van der Waals surface area contributed by atoms with Gasteiger partial charge in [-0.3, -0.25) is 0 Å². The predicted molar refractivity (Wildman–Crippen MR) is 81.3 cm³/mol. The highest BCUT2D eigenvalue weighted by Gasteiger charge is 2.10. The van der Waals surface area contributed by atoms with Gasteiger partial charge >= 0.3 is 0 Å². The minimum atomic E-state index is 0.525. The molecule has 0 amide bonds. The smallest absolute Gasteiger partial charge is 0.0411 e. The second-order valence-corrected chi connectivity index (χ2v) is 5.86. The summed E-state index contributed by atoms with van der Waals surface area (Å²) in [6, 6.07) is 7.25. The average Bonchev–Trinajstić information content (AvgIpc) is 2.27. The van der Waals surface area contributed by atoms with E-state index in [0.29, 0.717) is 12.0 Å². The molecule has 1 aromatic carbocycles. The Morgan fingerprint density at radius 3 is 2.39 bits per heavy atom. The highest BCUT2D eigenvalue weighted by molar-refractivity contribution is 5.55. The van der Waals surface area contributed by atoms with Gasteiger partial charge in [0.25, 0.3) is 0 Å². The molecule has 0 atom stereocenters. The Labute approximate surface area is 112 Å². The summed E-state index contributed by atoms with van der Waals surface area (Å²) in [5.74, 6) is 0.695. The lowest BCUT2D eigenvalue weighted by atomic mass is 10.1. The SMILES string of the molecule is Cc1ccc(N(C)C(C)C)c(CNCC(C)C)c1. The highest BCUT2D eigenvalue weighted by Crippen LogP contribution is 2.22. The molecule has 0 fully saturated rings. The summed E-state index contributed by atoms with van der Waals surface area (Å²) in [5.41, 5.74) is 4.07. The summed E-state index contributed by atoms with van der Waals surface area (Å²) in [7, 11) is 2.17. The Hall–Kier alpha value is -1.02. The zero-order valence-corrected chi connectivity index (χ0v) is 12.7. The molecule has 18 heavy (non-hydrogen) atoms. The first kappa shape index (κ1) is 15.0. The molecule has 0 bridgehead atoms. The number of anilines is 1. The lowest BCUT2D eigenvalue weighted by molar-refractivity contribution is 0.551. The molecule has 1 N–H and O–H groups in total. The van der Waals surface area contributed by atoms with Crippen molar-refractivity contribution < 1.29 is 0 Å². The van der Waals surface area contributed by atoms with Crippen LogP contribution in [0.15, 0.2) is 18.2 Å². The molecule has 0 radical (unpaired) electrons. The van der Waals surface area contributed by atoms with Gasteiger partial charge in [0.05, 0.1) is 0 Å². The van der Waals surface area contributed by atoms with E-state index >= 15 is 0 Å². The van der Waals surface area contributed by atoms with Gasteiger partial charge in [-0.25, -0.2) is 0 Å². The summed E-state index contributed by atoms with van der Waals surface area (Å²) in [6.07, 6.45) is 0. The Morgan fingerprint density at radius 2 is 1.83 bits per heavy atom. The van der Waals surface area contributed by atoms with Gasteiger partial charge in [-0.1, -0.05) is 31.5 Å². The first-order chi connectivity index (χ1) is 8.41. The van der Waals surface area contributed by atoms with Crippen LogP contribution in [0.2, 0.25) is 0 Å². The Kier molecular flexibility index (Phi) is 5.67. The molecule has 0 saturated heterocycles. The molecule has 0 aliphatic rings. The zero-order chi connectivity index (χ0) is 13.7. The molecule has 102 valence electrons. The molecule has 2 heteroatoms. The van der Waals surface area contributed by atoms with Gasteiger partial charge in [-0.15, -0.1) is 0 Å². The van der Waals surface area contributed by atoms with E-state index in [0.717, 1.165) is 13.1 Å². The number of aryl methyl sites for hydroxylation is 1. The van der Waals surface area contributed by atoms with Crippen molar-refractivity contribution in [2.24, 2.45) is 5.92 Å². The Morgan fingerprint density at radius 1 is 1.17 bits per heavy atom. The summed E-state index contributed by atoms with van der Waals surface area (Å²) in [4.78, 5) is 2.34. The second kappa shape index (κ2) is 6.79. The number of rotatable bonds is 6. The normalized spacial score (nSPS) is 11.3. The van der Waals surface area contributed by atoms with E-state index in [1.54, 1.807) is 0 Å². The maximum Gasteiger partial charge on any atom is 0.0411 e. The van der Waals surface area contributed by atoms with E-state index in [1.165, 1.54) is 16.8 Å². The lowest BCUT2D eigenvalue weighted by Crippen LogP contribution is -2.28. The third-order valence-electron chi connectivity index (χ3n) is 3.26. The second-order valence-electron chi connectivity index (χ2n) is 5.86. The zero-order valence-electron chi connectivity index (χ0n) is 12.7. The van der Waals surface area contributed by atoms with Crippen molar-refractivity contribution in [1.29, 1.82) is 0 Å². The topological polar surface area (TPSA) is 15.3 Å². The quantitative estimate of drug-likeness (QED) is 0.827. The van der Waals surface area contributed by atoms with Gasteiger partial charge in [-0.05, 0) is 44.9 Å². The largest absolute Gasteiger partial charge is 0.372 e. The van der Waals surface area contributed by atoms with E-state index in [4.69, 9.17) is 0 Å². The van der Waals surface area contributed by atoms with Gasteiger partial charge < -0.3 is 10.2 Å². The van der Waals surface area contributed by atoms with Crippen molar-refractivity contribution in [2.75, 3.05) is 18.5 Å². The predicted octanol–water partition coefficient (Wildman–Crippen LogP) is 3.59. The fraction of sp³-hybridized carbons (Fsp3) is 0.625. The summed E-state index contributed by atoms with van der Waals surface area (Å²) in [5, 5.41) is 3.54. The van der Waals surface area contributed by atoms with Crippen molar-refractivity contribution in [3.8, 4) is 0 Å². The van der Waals surface area contributed by atoms with Crippen molar-refractivity contribution in [1.82, 2.24) is 5.32 Å². The molecule has 1 aromatic rings. The third-order valence-corrected chi connectivity index (χ3v) is 3.26. The number of hydrogen-bond donors (Lipinski definition) is 1. The summed E-state index contributed by atoms with van der Waals surface area (Å²) in [6.45, 7) is 13.1. The van der Waals surface area contributed by atoms with Crippen molar-refractivity contribution in [2.45, 2.75) is 47.2 Å². The minimum Gasteiger partial charge on any atom is -0.372 e. The van der Waals surface area contributed by atoms with Crippen LogP contribution in [-0.4, -0.2) is 19.6 Å². The molecule has 0 unspecified atom stereocenters. The van der Waals surface area contributed by atoms with E-state index in [1.807, 2.05) is 0 Å². The van der Waals surface area contributed by atoms with E-state index in [-0.39, 0.29) is 0 Å². The number of hydrogen-bond acceptors (Lipinski definition) is 2. The molecule has 0 spiro atoms.